The summed E-state index contributed by atoms with van der Waals surface area (Å²) >= 11 is 1.55. The monoisotopic (exact) mass is 293 g/mol. The first-order chi connectivity index (χ1) is 8.70. The molecule has 0 spiro atoms. The molecule has 1 aliphatic heterocycles. The van der Waals surface area contributed by atoms with Gasteiger partial charge in [0.2, 0.25) is 5.91 Å². The third kappa shape index (κ3) is 4.66. The second-order valence-electron chi connectivity index (χ2n) is 5.11. The molecule has 1 saturated heterocycles. The quantitative estimate of drug-likeness (QED) is 0.428. The van der Waals surface area contributed by atoms with E-state index in [1.54, 1.807) is 16.7 Å². The van der Waals surface area contributed by atoms with Crippen molar-refractivity contribution in [1.82, 2.24) is 4.90 Å². The van der Waals surface area contributed by atoms with E-state index in [0.717, 1.165) is 31.4 Å². The molecule has 1 unspecified atom stereocenters. The van der Waals surface area contributed by atoms with Crippen molar-refractivity contribution < 1.29 is 44.3 Å². The maximum absolute atomic E-state index is 12.2. The van der Waals surface area contributed by atoms with Gasteiger partial charge < -0.3 is 14.8 Å². The van der Waals surface area contributed by atoms with E-state index in [2.05, 4.69) is 0 Å². The number of aliphatic carboxylic acids is 1. The number of carbonyl (C=O) groups is 2. The SMILES string of the molecule is O=C([O-])C1CSCCC(=O)N1C1CCCCCC1.[Na+]. The molecule has 19 heavy (non-hydrogen) atoms. The van der Waals surface area contributed by atoms with Crippen LogP contribution in [0.2, 0.25) is 0 Å². The third-order valence-corrected chi connectivity index (χ3v) is 4.89. The first-order valence-electron chi connectivity index (χ1n) is 6.80. The number of carbonyl (C=O) groups excluding carboxylic acids is 2. The van der Waals surface area contributed by atoms with Crippen molar-refractivity contribution >= 4 is 23.6 Å². The van der Waals surface area contributed by atoms with Crippen molar-refractivity contribution in [3.05, 3.63) is 0 Å². The normalized spacial score (nSPS) is 26.2. The summed E-state index contributed by atoms with van der Waals surface area (Å²) in [6, 6.07) is -0.616. The number of nitrogens with zero attached hydrogens (tertiary/aromatic N) is 1. The molecule has 1 heterocycles. The Hall–Kier alpha value is 0.290. The molecule has 0 bridgehead atoms. The van der Waals surface area contributed by atoms with E-state index < -0.39 is 12.0 Å². The van der Waals surface area contributed by atoms with E-state index in [1.807, 2.05) is 0 Å². The fourth-order valence-electron chi connectivity index (χ4n) is 2.91. The average molecular weight is 293 g/mol. The first kappa shape index (κ1) is 17.3. The molecule has 0 N–H and O–H groups in total. The number of thioether (sulfide) groups is 1. The van der Waals surface area contributed by atoms with Crippen LogP contribution in [0.3, 0.4) is 0 Å². The van der Waals surface area contributed by atoms with Crippen molar-refractivity contribution in [2.45, 2.75) is 57.0 Å². The van der Waals surface area contributed by atoms with Gasteiger partial charge in [-0.05, 0) is 12.8 Å². The molecular formula is C13H20NNaO3S. The van der Waals surface area contributed by atoms with E-state index in [-0.39, 0.29) is 41.5 Å². The summed E-state index contributed by atoms with van der Waals surface area (Å²) in [6.07, 6.45) is 6.95. The topological polar surface area (TPSA) is 60.4 Å². The minimum atomic E-state index is -1.10. The van der Waals surface area contributed by atoms with Crippen LogP contribution in [-0.2, 0) is 9.59 Å². The number of carboxylic acid groups (broad SMARTS) is 1. The maximum Gasteiger partial charge on any atom is 1.00 e. The van der Waals surface area contributed by atoms with Gasteiger partial charge in [0, 0.05) is 24.0 Å². The predicted molar refractivity (Wildman–Crippen MR) is 69.1 cm³/mol. The zero-order valence-corrected chi connectivity index (χ0v) is 14.4. The molecule has 4 nitrogen and oxygen atoms in total. The van der Waals surface area contributed by atoms with Crippen LogP contribution in [0.4, 0.5) is 0 Å². The molecule has 0 aromatic rings. The van der Waals surface area contributed by atoms with E-state index in [1.165, 1.54) is 12.8 Å². The van der Waals surface area contributed by atoms with Gasteiger partial charge in [-0.15, -0.1) is 0 Å². The molecule has 2 fully saturated rings. The van der Waals surface area contributed by atoms with Gasteiger partial charge in [0.1, 0.15) is 0 Å². The standard InChI is InChI=1S/C13H21NO3S.Na/c15-12-7-8-18-9-11(13(16)17)14(12)10-5-3-1-2-4-6-10;/h10-11H,1-9H2,(H,16,17);/q;+1/p-1. The molecule has 0 aromatic heterocycles. The Labute approximate surface area is 141 Å². The fourth-order valence-corrected chi connectivity index (χ4v) is 3.92. The molecule has 1 saturated carbocycles. The number of carboxylic acids is 1. The van der Waals surface area contributed by atoms with Crippen LogP contribution in [0.25, 0.3) is 0 Å². The Morgan fingerprint density at radius 3 is 2.42 bits per heavy atom. The van der Waals surface area contributed by atoms with Gasteiger partial charge in [0.15, 0.2) is 0 Å². The van der Waals surface area contributed by atoms with Crippen molar-refractivity contribution in [2.75, 3.05) is 11.5 Å². The molecular weight excluding hydrogens is 273 g/mol. The van der Waals surface area contributed by atoms with Gasteiger partial charge in [0.05, 0.1) is 12.0 Å². The van der Waals surface area contributed by atoms with E-state index in [4.69, 9.17) is 0 Å². The third-order valence-electron chi connectivity index (χ3n) is 3.85. The molecule has 1 amide bonds. The summed E-state index contributed by atoms with van der Waals surface area (Å²) < 4.78 is 0. The van der Waals surface area contributed by atoms with Crippen LogP contribution in [-0.4, -0.2) is 40.4 Å². The Morgan fingerprint density at radius 1 is 1.21 bits per heavy atom. The minimum absolute atomic E-state index is 0. The summed E-state index contributed by atoms with van der Waals surface area (Å²) in [5, 5.41) is 11.3. The van der Waals surface area contributed by atoms with Gasteiger partial charge in [0.25, 0.3) is 0 Å². The Balaban J connectivity index is 0.00000180. The van der Waals surface area contributed by atoms with Gasteiger partial charge >= 0.3 is 29.6 Å². The number of hydrogen-bond donors (Lipinski definition) is 0. The summed E-state index contributed by atoms with van der Waals surface area (Å²) in [6.45, 7) is 0. The number of hydrogen-bond acceptors (Lipinski definition) is 4. The van der Waals surface area contributed by atoms with E-state index >= 15 is 0 Å². The molecule has 2 rings (SSSR count). The van der Waals surface area contributed by atoms with E-state index in [0.29, 0.717) is 12.2 Å². The number of rotatable bonds is 2. The van der Waals surface area contributed by atoms with Crippen molar-refractivity contribution in [1.29, 1.82) is 0 Å². The van der Waals surface area contributed by atoms with Crippen LogP contribution in [0, 0.1) is 0 Å². The van der Waals surface area contributed by atoms with E-state index in [9.17, 15) is 14.7 Å². The maximum atomic E-state index is 12.2. The van der Waals surface area contributed by atoms with Crippen LogP contribution in [0.15, 0.2) is 0 Å². The molecule has 2 aliphatic rings. The molecule has 1 atom stereocenters. The zero-order chi connectivity index (χ0) is 13.0. The van der Waals surface area contributed by atoms with Crippen molar-refractivity contribution in [3.63, 3.8) is 0 Å². The molecule has 1 aliphatic carbocycles. The van der Waals surface area contributed by atoms with Crippen molar-refractivity contribution in [2.24, 2.45) is 0 Å². The predicted octanol–water partition coefficient (Wildman–Crippen LogP) is -2.20. The first-order valence-corrected chi connectivity index (χ1v) is 7.95. The zero-order valence-electron chi connectivity index (χ0n) is 11.6. The van der Waals surface area contributed by atoms with Crippen LogP contribution in [0.1, 0.15) is 44.9 Å². The van der Waals surface area contributed by atoms with Gasteiger partial charge in [-0.2, -0.15) is 11.8 Å². The summed E-state index contributed by atoms with van der Waals surface area (Å²) in [4.78, 5) is 25.1. The Kier molecular flexibility index (Phi) is 7.80. The second-order valence-corrected chi connectivity index (χ2v) is 6.26. The number of amides is 1. The smallest absolute Gasteiger partial charge is 0.548 e. The summed E-state index contributed by atoms with van der Waals surface area (Å²) in [5.41, 5.74) is 0. The largest absolute Gasteiger partial charge is 1.00 e. The van der Waals surface area contributed by atoms with Crippen LogP contribution in [0.5, 0.6) is 0 Å². The fraction of sp³-hybridized carbons (Fsp3) is 0.846. The Bertz CT molecular complexity index is 319. The molecule has 102 valence electrons. The summed E-state index contributed by atoms with van der Waals surface area (Å²) in [7, 11) is 0. The van der Waals surface area contributed by atoms with Gasteiger partial charge in [-0.1, -0.05) is 25.7 Å². The Morgan fingerprint density at radius 2 is 1.84 bits per heavy atom. The van der Waals surface area contributed by atoms with Gasteiger partial charge in [-0.3, -0.25) is 4.79 Å². The van der Waals surface area contributed by atoms with Gasteiger partial charge in [-0.25, -0.2) is 0 Å². The molecule has 0 aromatic carbocycles. The second kappa shape index (κ2) is 8.55. The molecule has 6 heteroatoms. The summed E-state index contributed by atoms with van der Waals surface area (Å²) in [5.74, 6) is 0.110. The molecule has 0 radical (unpaired) electrons. The van der Waals surface area contributed by atoms with Crippen molar-refractivity contribution in [3.8, 4) is 0 Å². The minimum Gasteiger partial charge on any atom is -0.548 e. The van der Waals surface area contributed by atoms with Crippen LogP contribution >= 0.6 is 11.8 Å². The van der Waals surface area contributed by atoms with Crippen LogP contribution < -0.4 is 34.7 Å². The average Bonchev–Trinajstić information content (AvgIpc) is 2.69.